The molecule has 1 N–H and O–H groups in total. The van der Waals surface area contributed by atoms with Gasteiger partial charge in [-0.05, 0) is 22.9 Å². The van der Waals surface area contributed by atoms with Crippen molar-refractivity contribution < 1.29 is 61.0 Å². The van der Waals surface area contributed by atoms with Gasteiger partial charge < -0.3 is 0 Å². The molecule has 2 aromatic carbocycles. The zero-order valence-corrected chi connectivity index (χ0v) is 11.9. The van der Waals surface area contributed by atoms with E-state index >= 15 is 0 Å². The Morgan fingerprint density at radius 1 is 0.812 bits per heavy atom. The molecule has 0 aliphatic carbocycles. The van der Waals surface area contributed by atoms with E-state index in [1.165, 1.54) is 0 Å². The van der Waals surface area contributed by atoms with Crippen LogP contribution in [0.15, 0.2) is 36.4 Å². The molecule has 0 fully saturated rings. The van der Waals surface area contributed by atoms with Gasteiger partial charge in [-0.25, -0.2) is 0 Å². The summed E-state index contributed by atoms with van der Waals surface area (Å²) in [6.45, 7) is 0. The quantitative estimate of drug-likeness (QED) is 0.458. The van der Waals surface area contributed by atoms with E-state index in [0.29, 0.717) is 11.1 Å². The monoisotopic (exact) mass is 236 g/mol. The number of benzene rings is 2. The molecule has 1 heterocycles. The first-order chi connectivity index (χ1) is 7.25. The van der Waals surface area contributed by atoms with Crippen molar-refractivity contribution in [2.24, 2.45) is 0 Å². The first kappa shape index (κ1) is 11.9. The Kier molecular flexibility index (Phi) is 3.28. The molecule has 2 aromatic rings. The molecule has 1 aliphatic rings. The summed E-state index contributed by atoms with van der Waals surface area (Å²) in [5.74, 6) is -0.610. The Bertz CT molecular complexity index is 554. The topological polar surface area (TPSA) is 46.2 Å². The van der Waals surface area contributed by atoms with Crippen molar-refractivity contribution in [1.82, 2.24) is 5.32 Å². The molecule has 0 atom stereocenters. The fourth-order valence-corrected chi connectivity index (χ4v) is 1.85. The second-order valence-corrected chi connectivity index (χ2v) is 3.53. The predicted molar refractivity (Wildman–Crippen MR) is 55.7 cm³/mol. The largest absolute Gasteiger partial charge is 1.00 e. The summed E-state index contributed by atoms with van der Waals surface area (Å²) in [5.41, 5.74) is 0.942. The number of rotatable bonds is 0. The van der Waals surface area contributed by atoms with E-state index in [9.17, 15) is 9.59 Å². The number of fused-ring (bicyclic) bond motifs is 2. The van der Waals surface area contributed by atoms with Gasteiger partial charge in [-0.3, -0.25) is 14.9 Å². The summed E-state index contributed by atoms with van der Waals surface area (Å²) < 4.78 is 0. The van der Waals surface area contributed by atoms with Gasteiger partial charge in [-0.1, -0.05) is 24.3 Å². The molecular weight excluding hydrogens is 229 g/mol. The minimum absolute atomic E-state index is 0. The van der Waals surface area contributed by atoms with Gasteiger partial charge in [0.25, 0.3) is 11.8 Å². The predicted octanol–water partition coefficient (Wildman–Crippen LogP) is -1.27. The zero-order valence-electron chi connectivity index (χ0n) is 8.78. The molecule has 4 heteroatoms. The van der Waals surface area contributed by atoms with Gasteiger partial charge >= 0.3 is 51.4 Å². The molecule has 2 amide bonds. The Hall–Kier alpha value is -0.524. The molecule has 72 valence electrons. The van der Waals surface area contributed by atoms with Gasteiger partial charge in [0, 0.05) is 0 Å². The number of imide groups is 1. The number of hydrogen-bond acceptors (Lipinski definition) is 2. The van der Waals surface area contributed by atoms with Gasteiger partial charge in [-0.2, -0.15) is 0 Å². The average Bonchev–Trinajstić information content (AvgIpc) is 2.52. The van der Waals surface area contributed by atoms with Crippen LogP contribution in [0, 0.1) is 0 Å². The third kappa shape index (κ3) is 1.76. The maximum absolute atomic E-state index is 11.4. The van der Waals surface area contributed by atoms with E-state index in [2.05, 4.69) is 5.32 Å². The second-order valence-electron chi connectivity index (χ2n) is 3.53. The van der Waals surface area contributed by atoms with E-state index < -0.39 is 0 Å². The van der Waals surface area contributed by atoms with Crippen LogP contribution in [0.2, 0.25) is 0 Å². The summed E-state index contributed by atoms with van der Waals surface area (Å²) in [5, 5.41) is 4.23. The Balaban J connectivity index is 0.000000963. The van der Waals surface area contributed by atoms with Crippen LogP contribution in [0.3, 0.4) is 0 Å². The van der Waals surface area contributed by atoms with Crippen LogP contribution in [0.4, 0.5) is 0 Å². The molecule has 0 bridgehead atoms. The summed E-state index contributed by atoms with van der Waals surface area (Å²) in [7, 11) is 0. The fraction of sp³-hybridized carbons (Fsp3) is 0. The van der Waals surface area contributed by atoms with E-state index in [1.54, 1.807) is 12.1 Å². The van der Waals surface area contributed by atoms with Crippen LogP contribution in [0.25, 0.3) is 10.8 Å². The molecule has 1 aliphatic heterocycles. The molecule has 0 saturated carbocycles. The van der Waals surface area contributed by atoms with Crippen molar-refractivity contribution in [2.45, 2.75) is 0 Å². The van der Waals surface area contributed by atoms with E-state index in [4.69, 9.17) is 0 Å². The van der Waals surface area contributed by atoms with E-state index in [0.717, 1.165) is 10.8 Å². The normalized spacial score (nSPS) is 13.2. The zero-order chi connectivity index (χ0) is 10.4. The van der Waals surface area contributed by atoms with E-state index in [1.807, 2.05) is 24.3 Å². The summed E-state index contributed by atoms with van der Waals surface area (Å²) in [4.78, 5) is 22.8. The summed E-state index contributed by atoms with van der Waals surface area (Å²) in [6.07, 6.45) is 0. The van der Waals surface area contributed by atoms with Crippen LogP contribution in [-0.2, 0) is 0 Å². The minimum Gasteiger partial charge on any atom is -0.288 e. The molecule has 0 saturated heterocycles. The van der Waals surface area contributed by atoms with E-state index in [-0.39, 0.29) is 63.2 Å². The summed E-state index contributed by atoms with van der Waals surface area (Å²) in [6, 6.07) is 11.2. The van der Waals surface area contributed by atoms with Crippen LogP contribution in [0.5, 0.6) is 0 Å². The molecule has 3 nitrogen and oxygen atoms in total. The number of amides is 2. The van der Waals surface area contributed by atoms with Crippen molar-refractivity contribution in [3.63, 3.8) is 0 Å². The van der Waals surface area contributed by atoms with Crippen molar-refractivity contribution in [1.29, 1.82) is 0 Å². The van der Waals surface area contributed by atoms with Crippen LogP contribution in [0.1, 0.15) is 20.7 Å². The minimum atomic E-state index is -0.305. The van der Waals surface area contributed by atoms with Crippen LogP contribution in [-0.4, -0.2) is 11.8 Å². The van der Waals surface area contributed by atoms with Crippen molar-refractivity contribution in [3.05, 3.63) is 47.5 Å². The molecule has 3 rings (SSSR count). The fourth-order valence-electron chi connectivity index (χ4n) is 1.85. The first-order valence-corrected chi connectivity index (χ1v) is 4.64. The Morgan fingerprint density at radius 3 is 1.69 bits per heavy atom. The second kappa shape index (κ2) is 4.39. The molecule has 0 radical (unpaired) electrons. The smallest absolute Gasteiger partial charge is 0.288 e. The van der Waals surface area contributed by atoms with Crippen LogP contribution < -0.4 is 56.7 Å². The molecule has 0 unspecified atom stereocenters. The standard InChI is InChI=1S/C12H7NO2.K/c14-11-9-5-7-3-1-2-4-8(7)6-10(9)12(15)13-11;/h1-6H,(H,13,14,15);/q;+1. The first-order valence-electron chi connectivity index (χ1n) is 4.64. The van der Waals surface area contributed by atoms with Crippen molar-refractivity contribution in [2.75, 3.05) is 0 Å². The number of carbonyl (C=O) groups is 2. The van der Waals surface area contributed by atoms with Gasteiger partial charge in [0.05, 0.1) is 11.1 Å². The molecule has 0 spiro atoms. The van der Waals surface area contributed by atoms with Crippen molar-refractivity contribution >= 4 is 22.6 Å². The van der Waals surface area contributed by atoms with Gasteiger partial charge in [0.2, 0.25) is 0 Å². The molecular formula is C12H7KNO2+. The molecule has 0 aromatic heterocycles. The van der Waals surface area contributed by atoms with Gasteiger partial charge in [0.1, 0.15) is 0 Å². The third-order valence-corrected chi connectivity index (χ3v) is 2.60. The number of nitrogens with one attached hydrogen (secondary N) is 1. The summed E-state index contributed by atoms with van der Waals surface area (Å²) >= 11 is 0. The average molecular weight is 236 g/mol. The van der Waals surface area contributed by atoms with Crippen LogP contribution >= 0.6 is 0 Å². The van der Waals surface area contributed by atoms with Gasteiger partial charge in [0.15, 0.2) is 0 Å². The Labute approximate surface area is 135 Å². The van der Waals surface area contributed by atoms with Gasteiger partial charge in [-0.15, -0.1) is 0 Å². The molecule has 16 heavy (non-hydrogen) atoms. The SMILES string of the molecule is O=C1NC(=O)c2cc3ccccc3cc21.[K+]. The Morgan fingerprint density at radius 2 is 1.25 bits per heavy atom. The maximum atomic E-state index is 11.4. The number of carbonyl (C=O) groups excluding carboxylic acids is 2. The van der Waals surface area contributed by atoms with Crippen molar-refractivity contribution in [3.8, 4) is 0 Å². The third-order valence-electron chi connectivity index (χ3n) is 2.60. The number of hydrogen-bond donors (Lipinski definition) is 1. The maximum Gasteiger partial charge on any atom is 1.00 e.